The van der Waals surface area contributed by atoms with E-state index in [0.717, 1.165) is 11.8 Å². The fourth-order valence-corrected chi connectivity index (χ4v) is 1.94. The maximum absolute atomic E-state index is 10.6. The Bertz CT molecular complexity index is 672. The van der Waals surface area contributed by atoms with E-state index in [0.29, 0.717) is 22.8 Å². The topological polar surface area (TPSA) is 77.9 Å². The standard InChI is InChI=1S/C17H17NO5/c1-21-14-9-12(6-7-16(19)20)10-15(22-2)17(14)23-11-13-5-3-4-8-18-13/h3-10H,11H2,1-2H3,(H,19,20). The zero-order valence-corrected chi connectivity index (χ0v) is 12.9. The second-order valence-electron chi connectivity index (χ2n) is 4.54. The van der Waals surface area contributed by atoms with E-state index in [-0.39, 0.29) is 6.61 Å². The van der Waals surface area contributed by atoms with Crippen LogP contribution in [0.15, 0.2) is 42.6 Å². The molecule has 1 N–H and O–H groups in total. The number of rotatable bonds is 7. The molecule has 0 atom stereocenters. The Hall–Kier alpha value is -3.02. The van der Waals surface area contributed by atoms with E-state index in [1.807, 2.05) is 18.2 Å². The molecule has 2 rings (SSSR count). The molecule has 0 amide bonds. The molecule has 0 unspecified atom stereocenters. The third-order valence-electron chi connectivity index (χ3n) is 2.99. The highest BCUT2D eigenvalue weighted by molar-refractivity contribution is 5.85. The average Bonchev–Trinajstić information content (AvgIpc) is 2.58. The number of carboxylic acid groups (broad SMARTS) is 1. The molecule has 0 saturated heterocycles. The van der Waals surface area contributed by atoms with Gasteiger partial charge in [-0.25, -0.2) is 4.79 Å². The fourth-order valence-electron chi connectivity index (χ4n) is 1.94. The van der Waals surface area contributed by atoms with Crippen LogP contribution in [0.2, 0.25) is 0 Å². The molecule has 0 radical (unpaired) electrons. The summed E-state index contributed by atoms with van der Waals surface area (Å²) in [6, 6.07) is 8.91. The molecular formula is C17H17NO5. The summed E-state index contributed by atoms with van der Waals surface area (Å²) >= 11 is 0. The van der Waals surface area contributed by atoms with Gasteiger partial charge in [-0.2, -0.15) is 0 Å². The van der Waals surface area contributed by atoms with Gasteiger partial charge in [-0.05, 0) is 35.9 Å². The number of carboxylic acids is 1. The molecular weight excluding hydrogens is 298 g/mol. The number of ether oxygens (including phenoxy) is 3. The Morgan fingerprint density at radius 3 is 2.43 bits per heavy atom. The summed E-state index contributed by atoms with van der Waals surface area (Å²) in [6.07, 6.45) is 4.19. The van der Waals surface area contributed by atoms with E-state index in [4.69, 9.17) is 19.3 Å². The highest BCUT2D eigenvalue weighted by atomic mass is 16.5. The monoisotopic (exact) mass is 315 g/mol. The Morgan fingerprint density at radius 2 is 1.91 bits per heavy atom. The van der Waals surface area contributed by atoms with E-state index in [1.54, 1.807) is 18.3 Å². The lowest BCUT2D eigenvalue weighted by molar-refractivity contribution is -0.131. The number of benzene rings is 1. The van der Waals surface area contributed by atoms with Crippen LogP contribution in [-0.2, 0) is 11.4 Å². The predicted octanol–water partition coefficient (Wildman–Crippen LogP) is 2.78. The van der Waals surface area contributed by atoms with Crippen molar-refractivity contribution in [2.45, 2.75) is 6.61 Å². The van der Waals surface area contributed by atoms with Crippen molar-refractivity contribution in [3.8, 4) is 17.2 Å². The summed E-state index contributed by atoms with van der Waals surface area (Å²) < 4.78 is 16.4. The van der Waals surface area contributed by atoms with Crippen molar-refractivity contribution >= 4 is 12.0 Å². The molecule has 0 spiro atoms. The summed E-state index contributed by atoms with van der Waals surface area (Å²) in [4.78, 5) is 14.8. The summed E-state index contributed by atoms with van der Waals surface area (Å²) in [5, 5.41) is 8.71. The van der Waals surface area contributed by atoms with Crippen molar-refractivity contribution in [1.29, 1.82) is 0 Å². The largest absolute Gasteiger partial charge is 0.493 e. The first kappa shape index (κ1) is 16.4. The lowest BCUT2D eigenvalue weighted by Gasteiger charge is -2.15. The summed E-state index contributed by atoms with van der Waals surface area (Å²) in [6.45, 7) is 0.262. The maximum atomic E-state index is 10.6. The molecule has 6 heteroatoms. The number of aliphatic carboxylic acids is 1. The van der Waals surface area contributed by atoms with Gasteiger partial charge in [-0.1, -0.05) is 6.07 Å². The SMILES string of the molecule is COc1cc(C=CC(=O)O)cc(OC)c1OCc1ccccn1. The predicted molar refractivity (Wildman–Crippen MR) is 84.8 cm³/mol. The lowest BCUT2D eigenvalue weighted by Crippen LogP contribution is -2.02. The second-order valence-corrected chi connectivity index (χ2v) is 4.54. The molecule has 0 aliphatic heterocycles. The van der Waals surface area contributed by atoms with Crippen molar-refractivity contribution in [1.82, 2.24) is 4.98 Å². The normalized spacial score (nSPS) is 10.5. The molecule has 0 fully saturated rings. The highest BCUT2D eigenvalue weighted by Gasteiger charge is 2.14. The number of nitrogens with zero attached hydrogens (tertiary/aromatic N) is 1. The molecule has 0 aliphatic carbocycles. The van der Waals surface area contributed by atoms with Crippen molar-refractivity contribution in [3.63, 3.8) is 0 Å². The van der Waals surface area contributed by atoms with Crippen LogP contribution >= 0.6 is 0 Å². The van der Waals surface area contributed by atoms with Gasteiger partial charge in [-0.3, -0.25) is 4.98 Å². The molecule has 120 valence electrons. The van der Waals surface area contributed by atoms with E-state index < -0.39 is 5.97 Å². The highest BCUT2D eigenvalue weighted by Crippen LogP contribution is 2.39. The Labute approximate surface area is 134 Å². The molecule has 0 aliphatic rings. The van der Waals surface area contributed by atoms with E-state index in [9.17, 15) is 4.79 Å². The van der Waals surface area contributed by atoms with Gasteiger partial charge in [0.15, 0.2) is 11.5 Å². The van der Waals surface area contributed by atoms with Crippen LogP contribution in [0.25, 0.3) is 6.08 Å². The second kappa shape index (κ2) is 7.84. The number of methoxy groups -OCH3 is 2. The van der Waals surface area contributed by atoms with E-state index in [2.05, 4.69) is 4.98 Å². The Morgan fingerprint density at radius 1 is 1.22 bits per heavy atom. The van der Waals surface area contributed by atoms with Crippen molar-refractivity contribution in [3.05, 3.63) is 53.9 Å². The maximum Gasteiger partial charge on any atom is 0.328 e. The third kappa shape index (κ3) is 4.47. The number of pyridine rings is 1. The van der Waals surface area contributed by atoms with Crippen molar-refractivity contribution in [2.75, 3.05) is 14.2 Å². The minimum absolute atomic E-state index is 0.262. The number of hydrogen-bond acceptors (Lipinski definition) is 5. The van der Waals surface area contributed by atoms with Crippen LogP contribution in [0, 0.1) is 0 Å². The number of carbonyl (C=O) groups is 1. The van der Waals surface area contributed by atoms with Crippen LogP contribution in [0.5, 0.6) is 17.2 Å². The van der Waals surface area contributed by atoms with Gasteiger partial charge in [0.1, 0.15) is 6.61 Å². The smallest absolute Gasteiger partial charge is 0.328 e. The van der Waals surface area contributed by atoms with Gasteiger partial charge in [0.25, 0.3) is 0 Å². The molecule has 1 aromatic carbocycles. The molecule has 1 heterocycles. The average molecular weight is 315 g/mol. The number of hydrogen-bond donors (Lipinski definition) is 1. The minimum Gasteiger partial charge on any atom is -0.493 e. The van der Waals surface area contributed by atoms with Crippen LogP contribution in [0.4, 0.5) is 0 Å². The van der Waals surface area contributed by atoms with Crippen LogP contribution in [-0.4, -0.2) is 30.3 Å². The fraction of sp³-hybridized carbons (Fsp3) is 0.176. The molecule has 6 nitrogen and oxygen atoms in total. The quantitative estimate of drug-likeness (QED) is 0.792. The van der Waals surface area contributed by atoms with Crippen LogP contribution in [0.1, 0.15) is 11.3 Å². The lowest BCUT2D eigenvalue weighted by atomic mass is 10.1. The third-order valence-corrected chi connectivity index (χ3v) is 2.99. The van der Waals surface area contributed by atoms with E-state index >= 15 is 0 Å². The van der Waals surface area contributed by atoms with Crippen LogP contribution < -0.4 is 14.2 Å². The molecule has 0 saturated carbocycles. The molecule has 2 aromatic rings. The first-order valence-electron chi connectivity index (χ1n) is 6.83. The molecule has 23 heavy (non-hydrogen) atoms. The Balaban J connectivity index is 2.28. The van der Waals surface area contributed by atoms with Gasteiger partial charge < -0.3 is 19.3 Å². The van der Waals surface area contributed by atoms with Gasteiger partial charge in [0, 0.05) is 12.3 Å². The zero-order chi connectivity index (χ0) is 16.7. The van der Waals surface area contributed by atoms with E-state index in [1.165, 1.54) is 20.3 Å². The van der Waals surface area contributed by atoms with Crippen molar-refractivity contribution in [2.24, 2.45) is 0 Å². The summed E-state index contributed by atoms with van der Waals surface area (Å²) in [7, 11) is 3.01. The van der Waals surface area contributed by atoms with Gasteiger partial charge in [0.2, 0.25) is 5.75 Å². The summed E-state index contributed by atoms with van der Waals surface area (Å²) in [5.74, 6) is 0.308. The van der Waals surface area contributed by atoms with Gasteiger partial charge in [0.05, 0.1) is 19.9 Å². The Kier molecular flexibility index (Phi) is 5.57. The number of aromatic nitrogens is 1. The minimum atomic E-state index is -1.03. The first-order valence-corrected chi connectivity index (χ1v) is 6.83. The molecule has 1 aromatic heterocycles. The zero-order valence-electron chi connectivity index (χ0n) is 12.9. The van der Waals surface area contributed by atoms with Crippen LogP contribution in [0.3, 0.4) is 0 Å². The van der Waals surface area contributed by atoms with Gasteiger partial charge >= 0.3 is 5.97 Å². The van der Waals surface area contributed by atoms with Crippen molar-refractivity contribution < 1.29 is 24.1 Å². The summed E-state index contributed by atoms with van der Waals surface area (Å²) in [5.41, 5.74) is 1.40. The molecule has 0 bridgehead atoms. The first-order chi connectivity index (χ1) is 11.1. The van der Waals surface area contributed by atoms with Gasteiger partial charge in [-0.15, -0.1) is 0 Å².